The fraction of sp³-hybridized carbons (Fsp3) is 0.364. The van der Waals surface area contributed by atoms with Crippen LogP contribution in [0.4, 0.5) is 0 Å². The number of amides is 1. The summed E-state index contributed by atoms with van der Waals surface area (Å²) in [4.78, 5) is 21.6. The van der Waals surface area contributed by atoms with Crippen LogP contribution in [-0.4, -0.2) is 58.1 Å². The van der Waals surface area contributed by atoms with Crippen molar-refractivity contribution in [2.45, 2.75) is 19.4 Å². The van der Waals surface area contributed by atoms with Crippen LogP contribution in [0.2, 0.25) is 0 Å². The lowest BCUT2D eigenvalue weighted by Crippen LogP contribution is -2.48. The lowest BCUT2D eigenvalue weighted by molar-refractivity contribution is -0.133. The van der Waals surface area contributed by atoms with Gasteiger partial charge in [-0.15, -0.1) is 0 Å². The van der Waals surface area contributed by atoms with E-state index in [1.54, 1.807) is 0 Å². The molecule has 7 heteroatoms. The Balaban J connectivity index is 1.11. The average Bonchev–Trinajstić information content (AvgIpc) is 3.38. The van der Waals surface area contributed by atoms with Crippen molar-refractivity contribution in [1.82, 2.24) is 19.2 Å². The SMILES string of the molecule is O=C(CCc1ccc2c(c1)OCO2)N1CCN(Cc2cn3ccccc3n2)CC1. The number of fused-ring (bicyclic) bond motifs is 2. The molecule has 1 amide bonds. The molecule has 0 saturated carbocycles. The molecule has 1 saturated heterocycles. The molecule has 2 aliphatic rings. The summed E-state index contributed by atoms with van der Waals surface area (Å²) < 4.78 is 12.8. The van der Waals surface area contributed by atoms with Crippen LogP contribution in [0.1, 0.15) is 17.7 Å². The number of ether oxygens (including phenoxy) is 2. The van der Waals surface area contributed by atoms with Crippen LogP contribution in [0.15, 0.2) is 48.8 Å². The van der Waals surface area contributed by atoms with Crippen LogP contribution in [0.25, 0.3) is 5.65 Å². The Morgan fingerprint density at radius 1 is 1.03 bits per heavy atom. The second-order valence-corrected chi connectivity index (χ2v) is 7.54. The summed E-state index contributed by atoms with van der Waals surface area (Å²) >= 11 is 0. The zero-order chi connectivity index (χ0) is 19.6. The molecule has 5 rings (SSSR count). The highest BCUT2D eigenvalue weighted by Gasteiger charge is 2.22. The van der Waals surface area contributed by atoms with E-state index in [1.807, 2.05) is 51.9 Å². The molecule has 1 fully saturated rings. The van der Waals surface area contributed by atoms with E-state index >= 15 is 0 Å². The number of nitrogens with zero attached hydrogens (tertiary/aromatic N) is 4. The standard InChI is InChI=1S/C22H24N4O3/c27-22(7-5-17-4-6-19-20(13-17)29-16-28-19)25-11-9-24(10-12-25)14-18-15-26-8-2-1-3-21(26)23-18/h1-4,6,8,13,15H,5,7,9-12,14,16H2. The molecule has 1 aromatic carbocycles. The molecule has 0 N–H and O–H groups in total. The molecule has 0 atom stereocenters. The zero-order valence-corrected chi connectivity index (χ0v) is 16.3. The number of aryl methyl sites for hydroxylation is 1. The first-order chi connectivity index (χ1) is 14.2. The highest BCUT2D eigenvalue weighted by Crippen LogP contribution is 2.32. The smallest absolute Gasteiger partial charge is 0.231 e. The lowest BCUT2D eigenvalue weighted by atomic mass is 10.1. The van der Waals surface area contributed by atoms with Gasteiger partial charge in [0.05, 0.1) is 5.69 Å². The second kappa shape index (κ2) is 7.75. The van der Waals surface area contributed by atoms with E-state index in [1.165, 1.54) is 0 Å². The number of hydrogen-bond acceptors (Lipinski definition) is 5. The number of imidazole rings is 1. The quantitative estimate of drug-likeness (QED) is 0.667. The van der Waals surface area contributed by atoms with E-state index in [4.69, 9.17) is 9.47 Å². The van der Waals surface area contributed by atoms with Crippen LogP contribution < -0.4 is 9.47 Å². The summed E-state index contributed by atoms with van der Waals surface area (Å²) in [6.45, 7) is 4.39. The van der Waals surface area contributed by atoms with Crippen molar-refractivity contribution in [1.29, 1.82) is 0 Å². The molecular formula is C22H24N4O3. The van der Waals surface area contributed by atoms with E-state index in [-0.39, 0.29) is 12.7 Å². The van der Waals surface area contributed by atoms with Gasteiger partial charge in [0.2, 0.25) is 12.7 Å². The minimum atomic E-state index is 0.218. The monoisotopic (exact) mass is 392 g/mol. The van der Waals surface area contributed by atoms with Gasteiger partial charge in [-0.2, -0.15) is 0 Å². The summed E-state index contributed by atoms with van der Waals surface area (Å²) in [5.74, 6) is 1.77. The van der Waals surface area contributed by atoms with Gasteiger partial charge in [0.15, 0.2) is 11.5 Å². The van der Waals surface area contributed by atoms with Crippen molar-refractivity contribution >= 4 is 11.6 Å². The van der Waals surface area contributed by atoms with Gasteiger partial charge in [-0.1, -0.05) is 12.1 Å². The maximum Gasteiger partial charge on any atom is 0.231 e. The van der Waals surface area contributed by atoms with Crippen LogP contribution in [0.3, 0.4) is 0 Å². The maximum atomic E-state index is 12.6. The third-order valence-corrected chi connectivity index (χ3v) is 5.59. The highest BCUT2D eigenvalue weighted by atomic mass is 16.7. The minimum absolute atomic E-state index is 0.218. The van der Waals surface area contributed by atoms with Crippen molar-refractivity contribution < 1.29 is 14.3 Å². The van der Waals surface area contributed by atoms with Gasteiger partial charge in [0.1, 0.15) is 5.65 Å². The maximum absolute atomic E-state index is 12.6. The van der Waals surface area contributed by atoms with Crippen molar-refractivity contribution in [3.63, 3.8) is 0 Å². The van der Waals surface area contributed by atoms with E-state index in [0.29, 0.717) is 6.42 Å². The first-order valence-corrected chi connectivity index (χ1v) is 10.1. The summed E-state index contributed by atoms with van der Waals surface area (Å²) in [7, 11) is 0. The number of carbonyl (C=O) groups excluding carboxylic acids is 1. The van der Waals surface area contributed by atoms with Crippen molar-refractivity contribution in [2.75, 3.05) is 33.0 Å². The predicted octanol–water partition coefficient (Wildman–Crippen LogP) is 2.34. The van der Waals surface area contributed by atoms with Gasteiger partial charge in [-0.3, -0.25) is 9.69 Å². The normalized spacial score (nSPS) is 16.5. The number of carbonyl (C=O) groups is 1. The number of pyridine rings is 1. The topological polar surface area (TPSA) is 59.3 Å². The van der Waals surface area contributed by atoms with Gasteiger partial charge < -0.3 is 18.8 Å². The van der Waals surface area contributed by atoms with E-state index in [0.717, 1.165) is 67.5 Å². The molecule has 29 heavy (non-hydrogen) atoms. The van der Waals surface area contributed by atoms with E-state index < -0.39 is 0 Å². The summed E-state index contributed by atoms with van der Waals surface area (Å²) in [6, 6.07) is 11.9. The first kappa shape index (κ1) is 18.0. The molecule has 0 radical (unpaired) electrons. The summed E-state index contributed by atoms with van der Waals surface area (Å²) in [5, 5.41) is 0. The van der Waals surface area contributed by atoms with Gasteiger partial charge in [0.25, 0.3) is 0 Å². The van der Waals surface area contributed by atoms with Crippen LogP contribution >= 0.6 is 0 Å². The fourth-order valence-electron chi connectivity index (χ4n) is 3.95. The molecule has 7 nitrogen and oxygen atoms in total. The lowest BCUT2D eigenvalue weighted by Gasteiger charge is -2.34. The van der Waals surface area contributed by atoms with Crippen LogP contribution in [-0.2, 0) is 17.8 Å². The second-order valence-electron chi connectivity index (χ2n) is 7.54. The Kier molecular flexibility index (Phi) is 4.81. The molecule has 2 aliphatic heterocycles. The van der Waals surface area contributed by atoms with Gasteiger partial charge in [-0.05, 0) is 36.2 Å². The van der Waals surface area contributed by atoms with Gasteiger partial charge >= 0.3 is 0 Å². The van der Waals surface area contributed by atoms with Crippen molar-refractivity contribution in [2.24, 2.45) is 0 Å². The average molecular weight is 392 g/mol. The van der Waals surface area contributed by atoms with Crippen molar-refractivity contribution in [3.8, 4) is 11.5 Å². The summed E-state index contributed by atoms with van der Waals surface area (Å²) in [5.41, 5.74) is 3.15. The third kappa shape index (κ3) is 3.91. The van der Waals surface area contributed by atoms with E-state index in [2.05, 4.69) is 16.1 Å². The van der Waals surface area contributed by atoms with E-state index in [9.17, 15) is 4.79 Å². The highest BCUT2D eigenvalue weighted by molar-refractivity contribution is 5.76. The van der Waals surface area contributed by atoms with Gasteiger partial charge in [0, 0.05) is 51.5 Å². The Morgan fingerprint density at radius 2 is 1.90 bits per heavy atom. The number of benzene rings is 1. The Labute approximate surface area is 169 Å². The number of aromatic nitrogens is 2. The zero-order valence-electron chi connectivity index (χ0n) is 16.3. The Morgan fingerprint density at radius 3 is 2.76 bits per heavy atom. The Bertz CT molecular complexity index is 991. The van der Waals surface area contributed by atoms with Crippen LogP contribution in [0.5, 0.6) is 11.5 Å². The number of rotatable bonds is 5. The molecule has 4 heterocycles. The number of piperazine rings is 1. The minimum Gasteiger partial charge on any atom is -0.454 e. The predicted molar refractivity (Wildman–Crippen MR) is 108 cm³/mol. The van der Waals surface area contributed by atoms with Crippen molar-refractivity contribution in [3.05, 3.63) is 60.0 Å². The Hall–Kier alpha value is -3.06. The van der Waals surface area contributed by atoms with Gasteiger partial charge in [-0.25, -0.2) is 4.98 Å². The number of hydrogen-bond donors (Lipinski definition) is 0. The molecule has 3 aromatic rings. The summed E-state index contributed by atoms with van der Waals surface area (Å²) in [6.07, 6.45) is 5.34. The largest absolute Gasteiger partial charge is 0.454 e. The third-order valence-electron chi connectivity index (χ3n) is 5.59. The fourth-order valence-corrected chi connectivity index (χ4v) is 3.95. The molecular weight excluding hydrogens is 368 g/mol. The molecule has 0 bridgehead atoms. The molecule has 0 aliphatic carbocycles. The molecule has 0 spiro atoms. The molecule has 0 unspecified atom stereocenters. The molecule has 2 aromatic heterocycles. The van der Waals surface area contributed by atoms with Crippen LogP contribution in [0, 0.1) is 0 Å². The first-order valence-electron chi connectivity index (χ1n) is 10.1. The molecule has 150 valence electrons.